The lowest BCUT2D eigenvalue weighted by atomic mass is 10.1. The minimum absolute atomic E-state index is 0.660. The molecule has 0 aliphatic rings. The highest BCUT2D eigenvalue weighted by molar-refractivity contribution is 8.21. The first-order valence-corrected chi connectivity index (χ1v) is 11.1. The Morgan fingerprint density at radius 2 is 0.864 bits per heavy atom. The van der Waals surface area contributed by atoms with Crippen LogP contribution in [0.1, 0.15) is 91.9 Å². The third-order valence-electron chi connectivity index (χ3n) is 3.64. The molecule has 0 aliphatic carbocycles. The van der Waals surface area contributed by atoms with Gasteiger partial charge in [0.05, 0.1) is 30.7 Å². The summed E-state index contributed by atoms with van der Waals surface area (Å²) in [5, 5.41) is 0. The highest BCUT2D eigenvalue weighted by atomic mass is 32.3. The predicted octanol–water partition coefficient (Wildman–Crippen LogP) is 6.57. The molecule has 0 atom stereocenters. The average Bonchev–Trinajstić information content (AvgIpc) is 2.50. The van der Waals surface area contributed by atoms with Crippen molar-refractivity contribution < 1.29 is 12.5 Å². The van der Waals surface area contributed by atoms with E-state index in [1.165, 1.54) is 57.8 Å². The molecule has 0 saturated heterocycles. The van der Waals surface area contributed by atoms with Gasteiger partial charge >= 0.3 is 0 Å². The van der Waals surface area contributed by atoms with Gasteiger partial charge in [-0.2, -0.15) is 0 Å². The van der Waals surface area contributed by atoms with Crippen molar-refractivity contribution in [2.24, 2.45) is 0 Å². The van der Waals surface area contributed by atoms with Crippen LogP contribution >= 0.6 is 10.9 Å². The average molecular weight is 337 g/mol. The van der Waals surface area contributed by atoms with Gasteiger partial charge in [-0.05, 0) is 27.2 Å². The first-order chi connectivity index (χ1) is 10.7. The molecule has 0 aliphatic heterocycles. The molecule has 0 unspecified atom stereocenters. The van der Waals surface area contributed by atoms with E-state index >= 15 is 0 Å². The van der Waals surface area contributed by atoms with Crippen LogP contribution in [0.15, 0.2) is 0 Å². The smallest absolute Gasteiger partial charge is 0.0887 e. The van der Waals surface area contributed by atoms with E-state index in [0.717, 1.165) is 12.2 Å². The van der Waals surface area contributed by atoms with Gasteiger partial charge in [-0.15, -0.1) is 0 Å². The van der Waals surface area contributed by atoms with Crippen LogP contribution in [0, 0.1) is 0 Å². The summed E-state index contributed by atoms with van der Waals surface area (Å²) < 4.78 is 17.5. The van der Waals surface area contributed by atoms with Gasteiger partial charge in [-0.1, -0.05) is 64.7 Å². The zero-order valence-corrected chi connectivity index (χ0v) is 16.3. The normalized spacial score (nSPS) is 12.7. The summed E-state index contributed by atoms with van der Waals surface area (Å²) in [6, 6.07) is 0. The summed E-state index contributed by atoms with van der Waals surface area (Å²) in [6.45, 7) is 10.3. The van der Waals surface area contributed by atoms with Gasteiger partial charge in [0, 0.05) is 5.75 Å². The standard InChI is InChI=1S/C18H40O3S/c1-5-9-10-11-12-13-14-15-16-17-18-22(19-6-2,20-7-3)21-8-4/h5-18H2,1-4H3. The fraction of sp³-hybridized carbons (Fsp3) is 1.00. The van der Waals surface area contributed by atoms with Crippen molar-refractivity contribution in [1.82, 2.24) is 0 Å². The molecule has 3 nitrogen and oxygen atoms in total. The molecule has 0 bridgehead atoms. The highest BCUT2D eigenvalue weighted by Crippen LogP contribution is 2.52. The molecule has 0 heterocycles. The molecular formula is C18H40O3S. The summed E-state index contributed by atoms with van der Waals surface area (Å²) in [6.07, 6.45) is 13.5. The van der Waals surface area contributed by atoms with Crippen LogP contribution in [0.2, 0.25) is 0 Å². The van der Waals surface area contributed by atoms with Crippen molar-refractivity contribution in [3.05, 3.63) is 0 Å². The lowest BCUT2D eigenvalue weighted by Crippen LogP contribution is -2.16. The van der Waals surface area contributed by atoms with E-state index < -0.39 is 10.9 Å². The third-order valence-corrected chi connectivity index (χ3v) is 6.21. The quantitative estimate of drug-likeness (QED) is 0.281. The Morgan fingerprint density at radius 3 is 1.23 bits per heavy atom. The summed E-state index contributed by atoms with van der Waals surface area (Å²) in [5.41, 5.74) is 0. The Labute approximate surface area is 141 Å². The Balaban J connectivity index is 3.70. The van der Waals surface area contributed by atoms with Crippen LogP contribution in [-0.4, -0.2) is 25.6 Å². The van der Waals surface area contributed by atoms with Crippen LogP contribution in [0.3, 0.4) is 0 Å². The van der Waals surface area contributed by atoms with E-state index in [4.69, 9.17) is 12.5 Å². The van der Waals surface area contributed by atoms with Gasteiger partial charge in [-0.3, -0.25) is 12.5 Å². The topological polar surface area (TPSA) is 27.7 Å². The molecule has 0 aromatic rings. The maximum atomic E-state index is 5.83. The SMILES string of the molecule is CCCCCCCCCCCCS(OCC)(OCC)OCC. The fourth-order valence-electron chi connectivity index (χ4n) is 2.58. The molecule has 136 valence electrons. The van der Waals surface area contributed by atoms with Crippen molar-refractivity contribution in [2.45, 2.75) is 91.9 Å². The zero-order valence-electron chi connectivity index (χ0n) is 15.5. The Bertz CT molecular complexity index is 207. The van der Waals surface area contributed by atoms with E-state index in [0.29, 0.717) is 19.8 Å². The van der Waals surface area contributed by atoms with E-state index in [9.17, 15) is 0 Å². The third kappa shape index (κ3) is 11.8. The number of unbranched alkanes of at least 4 members (excludes halogenated alkanes) is 9. The summed E-state index contributed by atoms with van der Waals surface area (Å²) >= 11 is 0. The van der Waals surface area contributed by atoms with Crippen LogP contribution < -0.4 is 0 Å². The predicted molar refractivity (Wildman–Crippen MR) is 99.2 cm³/mol. The highest BCUT2D eigenvalue weighted by Gasteiger charge is 2.25. The molecule has 0 aromatic carbocycles. The fourth-order valence-corrected chi connectivity index (χ4v) is 4.78. The van der Waals surface area contributed by atoms with Crippen molar-refractivity contribution in [3.8, 4) is 0 Å². The Kier molecular flexibility index (Phi) is 16.3. The first kappa shape index (κ1) is 22.2. The van der Waals surface area contributed by atoms with Gasteiger partial charge in [0.1, 0.15) is 0 Å². The molecule has 0 N–H and O–H groups in total. The zero-order chi connectivity index (χ0) is 16.5. The lowest BCUT2D eigenvalue weighted by Gasteiger charge is -2.36. The lowest BCUT2D eigenvalue weighted by molar-refractivity contribution is 0.185. The van der Waals surface area contributed by atoms with Gasteiger partial charge < -0.3 is 0 Å². The van der Waals surface area contributed by atoms with E-state index in [1.807, 2.05) is 20.8 Å². The molecule has 0 spiro atoms. The molecule has 0 amide bonds. The van der Waals surface area contributed by atoms with Gasteiger partial charge in [0.25, 0.3) is 0 Å². The summed E-state index contributed by atoms with van der Waals surface area (Å²) in [4.78, 5) is 0. The summed E-state index contributed by atoms with van der Waals surface area (Å²) in [7, 11) is -1.75. The molecule has 0 radical (unpaired) electrons. The minimum atomic E-state index is -1.75. The second kappa shape index (κ2) is 16.1. The van der Waals surface area contributed by atoms with E-state index in [2.05, 4.69) is 6.92 Å². The van der Waals surface area contributed by atoms with Crippen molar-refractivity contribution in [2.75, 3.05) is 25.6 Å². The van der Waals surface area contributed by atoms with Gasteiger partial charge in [-0.25, -0.2) is 0 Å². The van der Waals surface area contributed by atoms with E-state index in [1.54, 1.807) is 0 Å². The second-order valence-electron chi connectivity index (χ2n) is 5.66. The van der Waals surface area contributed by atoms with E-state index in [-0.39, 0.29) is 0 Å². The molecule has 0 fully saturated rings. The summed E-state index contributed by atoms with van der Waals surface area (Å²) in [5.74, 6) is 0.916. The Hall–Kier alpha value is 0.230. The number of hydrogen-bond acceptors (Lipinski definition) is 3. The maximum Gasteiger partial charge on any atom is 0.0887 e. The van der Waals surface area contributed by atoms with Crippen LogP contribution in [-0.2, 0) is 12.5 Å². The monoisotopic (exact) mass is 336 g/mol. The van der Waals surface area contributed by atoms with Crippen LogP contribution in [0.25, 0.3) is 0 Å². The van der Waals surface area contributed by atoms with Crippen molar-refractivity contribution in [1.29, 1.82) is 0 Å². The molecule has 4 heteroatoms. The van der Waals surface area contributed by atoms with Crippen molar-refractivity contribution in [3.63, 3.8) is 0 Å². The number of rotatable bonds is 17. The molecule has 0 saturated carbocycles. The van der Waals surface area contributed by atoms with Crippen LogP contribution in [0.5, 0.6) is 0 Å². The van der Waals surface area contributed by atoms with Crippen LogP contribution in [0.4, 0.5) is 0 Å². The Morgan fingerprint density at radius 1 is 0.500 bits per heavy atom. The maximum absolute atomic E-state index is 5.83. The van der Waals surface area contributed by atoms with Crippen molar-refractivity contribution >= 4 is 10.9 Å². The van der Waals surface area contributed by atoms with Gasteiger partial charge in [0.15, 0.2) is 0 Å². The first-order valence-electron chi connectivity index (χ1n) is 9.48. The van der Waals surface area contributed by atoms with Gasteiger partial charge in [0.2, 0.25) is 0 Å². The minimum Gasteiger partial charge on any atom is -0.293 e. The molecule has 0 rings (SSSR count). The largest absolute Gasteiger partial charge is 0.293 e. The molecule has 22 heavy (non-hydrogen) atoms. The molecular weight excluding hydrogens is 296 g/mol. The number of hydrogen-bond donors (Lipinski definition) is 0. The molecule has 0 aromatic heterocycles. The second-order valence-corrected chi connectivity index (χ2v) is 7.89.